The molecule has 1 aromatic carbocycles. The van der Waals surface area contributed by atoms with E-state index >= 15 is 0 Å². The molecule has 0 N–H and O–H groups in total. The van der Waals surface area contributed by atoms with E-state index in [0.29, 0.717) is 5.88 Å². The molecule has 0 saturated heterocycles. The number of aryl methyl sites for hydroxylation is 1. The van der Waals surface area contributed by atoms with Crippen molar-refractivity contribution in [1.29, 1.82) is 0 Å². The van der Waals surface area contributed by atoms with Crippen LogP contribution in [0.15, 0.2) is 36.5 Å². The molecule has 0 aliphatic heterocycles. The van der Waals surface area contributed by atoms with Gasteiger partial charge in [-0.2, -0.15) is 0 Å². The van der Waals surface area contributed by atoms with Crippen molar-refractivity contribution >= 4 is 24.2 Å². The highest BCUT2D eigenvalue weighted by Crippen LogP contribution is 2.14. The summed E-state index contributed by atoms with van der Waals surface area (Å²) in [5.74, 6) is 1.76. The van der Waals surface area contributed by atoms with Gasteiger partial charge in [0.15, 0.2) is 0 Å². The topological polar surface area (TPSA) is 8.81 Å². The van der Waals surface area contributed by atoms with Gasteiger partial charge in [0, 0.05) is 0 Å². The predicted molar refractivity (Wildman–Crippen MR) is 68.9 cm³/mol. The molecule has 0 aliphatic carbocycles. The van der Waals surface area contributed by atoms with Crippen LogP contribution in [0, 0.1) is 0 Å². The van der Waals surface area contributed by atoms with E-state index in [-0.39, 0.29) is 0 Å². The lowest BCUT2D eigenvalue weighted by Crippen LogP contribution is -2.32. The summed E-state index contributed by atoms with van der Waals surface area (Å²) in [7, 11) is 2.00. The summed E-state index contributed by atoms with van der Waals surface area (Å²) in [6.07, 6.45) is 2.78. The third-order valence-electron chi connectivity index (χ3n) is 2.62. The lowest BCUT2D eigenvalue weighted by Gasteiger charge is -2.01. The largest absolute Gasteiger partial charge is 0.262 e. The minimum Gasteiger partial charge on any atom is -0.235 e. The molecule has 0 radical (unpaired) electrons. The summed E-state index contributed by atoms with van der Waals surface area (Å²) < 4.78 is 4.04. The third-order valence-corrected chi connectivity index (χ3v) is 3.21. The number of halogens is 1. The van der Waals surface area contributed by atoms with Gasteiger partial charge in [0.2, 0.25) is 5.15 Å². The maximum absolute atomic E-state index is 6.11. The van der Waals surface area contributed by atoms with Gasteiger partial charge < -0.3 is 0 Å². The molecule has 84 valence electrons. The van der Waals surface area contributed by atoms with Gasteiger partial charge in [0.25, 0.3) is 5.82 Å². The van der Waals surface area contributed by atoms with Crippen LogP contribution in [0.2, 0.25) is 5.15 Å². The molecule has 0 unspecified atom stereocenters. The van der Waals surface area contributed by atoms with Crippen LogP contribution in [0.25, 0.3) is 0 Å². The Morgan fingerprint density at radius 3 is 2.62 bits per heavy atom. The fraction of sp³-hybridized carbons (Fsp3) is 0.250. The molecule has 0 spiro atoms. The summed E-state index contributed by atoms with van der Waals surface area (Å²) in [6, 6.07) is 10.3. The summed E-state index contributed by atoms with van der Waals surface area (Å²) >= 11 is 10.4. The molecular formula is C12H14ClN2S+. The minimum atomic E-state index is 0.599. The minimum absolute atomic E-state index is 0.599. The standard InChI is InChI=1S/C12H13ClN2S/c1-14-8-11(13)15(9-16)12(14)7-10-5-3-2-4-6-10/h2-6,8H,7,9H2,1H3/p+1. The Hall–Kier alpha value is -0.930. The van der Waals surface area contributed by atoms with Crippen molar-refractivity contribution in [3.8, 4) is 0 Å². The van der Waals surface area contributed by atoms with Crippen molar-refractivity contribution < 1.29 is 4.57 Å². The van der Waals surface area contributed by atoms with Crippen LogP contribution in [0.1, 0.15) is 11.4 Å². The fourth-order valence-electron chi connectivity index (χ4n) is 1.77. The van der Waals surface area contributed by atoms with Crippen LogP contribution in [-0.2, 0) is 19.3 Å². The normalized spacial score (nSPS) is 10.7. The maximum Gasteiger partial charge on any atom is 0.262 e. The van der Waals surface area contributed by atoms with Crippen molar-refractivity contribution in [2.45, 2.75) is 12.3 Å². The summed E-state index contributed by atoms with van der Waals surface area (Å²) in [6.45, 7) is 0. The lowest BCUT2D eigenvalue weighted by molar-refractivity contribution is -0.678. The summed E-state index contributed by atoms with van der Waals surface area (Å²) in [5.41, 5.74) is 1.27. The molecular weight excluding hydrogens is 240 g/mol. The van der Waals surface area contributed by atoms with Crippen molar-refractivity contribution in [2.75, 3.05) is 0 Å². The van der Waals surface area contributed by atoms with Gasteiger partial charge >= 0.3 is 0 Å². The van der Waals surface area contributed by atoms with Gasteiger partial charge in [-0.05, 0) is 17.2 Å². The number of nitrogens with zero attached hydrogens (tertiary/aromatic N) is 2. The number of aromatic nitrogens is 2. The molecule has 0 aliphatic rings. The van der Waals surface area contributed by atoms with E-state index in [1.807, 2.05) is 40.6 Å². The second-order valence-corrected chi connectivity index (χ2v) is 4.38. The predicted octanol–water partition coefficient (Wildman–Crippen LogP) is 2.44. The molecule has 0 amide bonds. The van der Waals surface area contributed by atoms with Gasteiger partial charge in [-0.3, -0.25) is 0 Å². The number of benzene rings is 1. The molecule has 4 heteroatoms. The van der Waals surface area contributed by atoms with Crippen LogP contribution in [0.4, 0.5) is 0 Å². The molecule has 0 saturated carbocycles. The molecule has 1 aromatic heterocycles. The zero-order chi connectivity index (χ0) is 11.5. The van der Waals surface area contributed by atoms with Crippen molar-refractivity contribution in [3.05, 3.63) is 53.1 Å². The van der Waals surface area contributed by atoms with E-state index in [1.54, 1.807) is 0 Å². The fourth-order valence-corrected chi connectivity index (χ4v) is 2.47. The molecule has 2 rings (SSSR count). The van der Waals surface area contributed by atoms with Crippen molar-refractivity contribution in [1.82, 2.24) is 4.57 Å². The Kier molecular flexibility index (Phi) is 3.56. The highest BCUT2D eigenvalue weighted by Gasteiger charge is 2.18. The average molecular weight is 254 g/mol. The van der Waals surface area contributed by atoms with Gasteiger partial charge in [-0.25, -0.2) is 9.13 Å². The molecule has 0 atom stereocenters. The monoisotopic (exact) mass is 253 g/mol. The average Bonchev–Trinajstić information content (AvgIpc) is 2.55. The van der Waals surface area contributed by atoms with Gasteiger partial charge in [-0.15, -0.1) is 12.6 Å². The van der Waals surface area contributed by atoms with E-state index < -0.39 is 0 Å². The first-order chi connectivity index (χ1) is 7.72. The first kappa shape index (κ1) is 11.6. The third kappa shape index (κ3) is 2.25. The quantitative estimate of drug-likeness (QED) is 0.636. The lowest BCUT2D eigenvalue weighted by atomic mass is 10.1. The zero-order valence-corrected chi connectivity index (χ0v) is 10.7. The number of thiol groups is 1. The number of imidazole rings is 1. The molecule has 0 fully saturated rings. The SMILES string of the molecule is C[n+]1cc(Cl)n(CS)c1Cc1ccccc1. The number of hydrogen-bond acceptors (Lipinski definition) is 1. The Balaban J connectivity index is 2.34. The molecule has 0 bridgehead atoms. The first-order valence-electron chi connectivity index (χ1n) is 5.10. The Morgan fingerprint density at radius 1 is 1.31 bits per heavy atom. The summed E-state index contributed by atoms with van der Waals surface area (Å²) in [5, 5.41) is 0.725. The van der Waals surface area contributed by atoms with E-state index in [0.717, 1.165) is 17.4 Å². The van der Waals surface area contributed by atoms with Gasteiger partial charge in [0.1, 0.15) is 12.1 Å². The zero-order valence-electron chi connectivity index (χ0n) is 9.10. The smallest absolute Gasteiger partial charge is 0.235 e. The number of rotatable bonds is 3. The van der Waals surface area contributed by atoms with Crippen LogP contribution in [-0.4, -0.2) is 4.57 Å². The Labute approximate surface area is 106 Å². The van der Waals surface area contributed by atoms with Crippen molar-refractivity contribution in [2.24, 2.45) is 7.05 Å². The van der Waals surface area contributed by atoms with Crippen LogP contribution in [0.5, 0.6) is 0 Å². The second kappa shape index (κ2) is 4.93. The van der Waals surface area contributed by atoms with Crippen LogP contribution < -0.4 is 4.57 Å². The maximum atomic E-state index is 6.11. The highest BCUT2D eigenvalue weighted by atomic mass is 35.5. The highest BCUT2D eigenvalue weighted by molar-refractivity contribution is 7.79. The molecule has 2 nitrogen and oxygen atoms in total. The Morgan fingerprint density at radius 2 is 2.00 bits per heavy atom. The van der Waals surface area contributed by atoms with Crippen LogP contribution >= 0.6 is 24.2 Å². The number of hydrogen-bond donors (Lipinski definition) is 1. The second-order valence-electron chi connectivity index (χ2n) is 3.71. The van der Waals surface area contributed by atoms with Gasteiger partial charge in [-0.1, -0.05) is 30.3 Å². The molecule has 1 heterocycles. The molecule has 16 heavy (non-hydrogen) atoms. The van der Waals surface area contributed by atoms with Gasteiger partial charge in [0.05, 0.1) is 13.5 Å². The van der Waals surface area contributed by atoms with Crippen LogP contribution in [0.3, 0.4) is 0 Å². The molecule has 2 aromatic rings. The first-order valence-corrected chi connectivity index (χ1v) is 6.11. The van der Waals surface area contributed by atoms with E-state index in [9.17, 15) is 0 Å². The van der Waals surface area contributed by atoms with E-state index in [2.05, 4.69) is 24.8 Å². The summed E-state index contributed by atoms with van der Waals surface area (Å²) in [4.78, 5) is 0. The van der Waals surface area contributed by atoms with E-state index in [1.165, 1.54) is 5.56 Å². The Bertz CT molecular complexity index is 479. The van der Waals surface area contributed by atoms with Crippen molar-refractivity contribution in [3.63, 3.8) is 0 Å². The van der Waals surface area contributed by atoms with E-state index in [4.69, 9.17) is 11.6 Å².